The molecule has 18 heavy (non-hydrogen) atoms. The fourth-order valence-electron chi connectivity index (χ4n) is 2.09. The zero-order chi connectivity index (χ0) is 14.0. The van der Waals surface area contributed by atoms with Crippen LogP contribution in [-0.2, 0) is 19.9 Å². The molecule has 0 saturated carbocycles. The highest BCUT2D eigenvalue weighted by Gasteiger charge is 2.40. The summed E-state index contributed by atoms with van der Waals surface area (Å²) in [4.78, 5) is 0. The van der Waals surface area contributed by atoms with Gasteiger partial charge in [0.25, 0.3) is 0 Å². The molecule has 1 aliphatic heterocycles. The van der Waals surface area contributed by atoms with Crippen molar-refractivity contribution in [2.75, 3.05) is 24.7 Å². The number of rotatable bonds is 6. The molecule has 1 N–H and O–H groups in total. The molecule has 0 aliphatic carbocycles. The van der Waals surface area contributed by atoms with Crippen LogP contribution in [0.15, 0.2) is 0 Å². The number of sulfonamides is 1. The van der Waals surface area contributed by atoms with Crippen molar-refractivity contribution in [2.24, 2.45) is 0 Å². The molecule has 1 saturated heterocycles. The standard InChI is InChI=1S/C10H21NO5S2/c1-9(2)11(5-3-6-12)18(15,16)10-4-7-17(13,14)8-10/h9-10,12H,3-8H2,1-2H3. The highest BCUT2D eigenvalue weighted by atomic mass is 32.2. The van der Waals surface area contributed by atoms with Crippen LogP contribution < -0.4 is 0 Å². The molecule has 1 fully saturated rings. The van der Waals surface area contributed by atoms with Gasteiger partial charge in [0.1, 0.15) is 0 Å². The van der Waals surface area contributed by atoms with E-state index in [2.05, 4.69) is 0 Å². The normalized spacial score (nSPS) is 23.9. The van der Waals surface area contributed by atoms with Crippen molar-refractivity contribution < 1.29 is 21.9 Å². The topological polar surface area (TPSA) is 91.8 Å². The molecule has 108 valence electrons. The van der Waals surface area contributed by atoms with Crippen molar-refractivity contribution in [1.82, 2.24) is 4.31 Å². The Morgan fingerprint density at radius 3 is 2.39 bits per heavy atom. The molecule has 0 spiro atoms. The quantitative estimate of drug-likeness (QED) is 0.720. The largest absolute Gasteiger partial charge is 0.396 e. The van der Waals surface area contributed by atoms with E-state index in [-0.39, 0.29) is 37.1 Å². The fraction of sp³-hybridized carbons (Fsp3) is 1.00. The highest BCUT2D eigenvalue weighted by molar-refractivity contribution is 7.95. The van der Waals surface area contributed by atoms with Crippen LogP contribution in [0.2, 0.25) is 0 Å². The second-order valence-corrected chi connectivity index (χ2v) is 9.25. The molecule has 1 atom stereocenters. The predicted molar refractivity (Wildman–Crippen MR) is 69.5 cm³/mol. The van der Waals surface area contributed by atoms with Crippen LogP contribution in [0, 0.1) is 0 Å². The van der Waals surface area contributed by atoms with Crippen LogP contribution in [0.25, 0.3) is 0 Å². The van der Waals surface area contributed by atoms with E-state index in [0.717, 1.165) is 0 Å². The minimum atomic E-state index is -3.60. The molecule has 6 nitrogen and oxygen atoms in total. The van der Waals surface area contributed by atoms with E-state index >= 15 is 0 Å². The molecule has 1 rings (SSSR count). The smallest absolute Gasteiger partial charge is 0.218 e. The third kappa shape index (κ3) is 3.66. The summed E-state index contributed by atoms with van der Waals surface area (Å²) in [6.07, 6.45) is 0.532. The number of hydrogen-bond donors (Lipinski definition) is 1. The Morgan fingerprint density at radius 2 is 2.00 bits per heavy atom. The van der Waals surface area contributed by atoms with Gasteiger partial charge in [-0.15, -0.1) is 0 Å². The van der Waals surface area contributed by atoms with E-state index in [0.29, 0.717) is 6.42 Å². The third-order valence-corrected chi connectivity index (χ3v) is 7.53. The van der Waals surface area contributed by atoms with Crippen molar-refractivity contribution in [3.05, 3.63) is 0 Å². The first kappa shape index (κ1) is 15.9. The van der Waals surface area contributed by atoms with Gasteiger partial charge < -0.3 is 5.11 Å². The van der Waals surface area contributed by atoms with E-state index in [4.69, 9.17) is 5.11 Å². The van der Waals surface area contributed by atoms with Gasteiger partial charge in [-0.3, -0.25) is 0 Å². The fourth-order valence-corrected chi connectivity index (χ4v) is 6.87. The lowest BCUT2D eigenvalue weighted by atomic mass is 10.3. The van der Waals surface area contributed by atoms with Gasteiger partial charge in [0, 0.05) is 19.2 Å². The first-order valence-corrected chi connectivity index (χ1v) is 9.35. The molecule has 0 radical (unpaired) electrons. The van der Waals surface area contributed by atoms with Gasteiger partial charge in [-0.25, -0.2) is 16.8 Å². The second kappa shape index (κ2) is 5.85. The van der Waals surface area contributed by atoms with Crippen LogP contribution in [0.3, 0.4) is 0 Å². The monoisotopic (exact) mass is 299 g/mol. The molecule has 0 bridgehead atoms. The van der Waals surface area contributed by atoms with Crippen molar-refractivity contribution in [1.29, 1.82) is 0 Å². The number of aliphatic hydroxyl groups excluding tert-OH is 1. The average Bonchev–Trinajstić information content (AvgIpc) is 2.59. The Bertz CT molecular complexity index is 468. The molecule has 1 heterocycles. The molecule has 1 aliphatic rings. The second-order valence-electron chi connectivity index (χ2n) is 4.85. The Kier molecular flexibility index (Phi) is 5.16. The molecular weight excluding hydrogens is 278 g/mol. The maximum Gasteiger partial charge on any atom is 0.218 e. The van der Waals surface area contributed by atoms with E-state index in [9.17, 15) is 16.8 Å². The van der Waals surface area contributed by atoms with Crippen molar-refractivity contribution >= 4 is 19.9 Å². The molecule has 8 heteroatoms. The summed E-state index contributed by atoms with van der Waals surface area (Å²) in [5.41, 5.74) is 0. The van der Waals surface area contributed by atoms with Crippen LogP contribution in [-0.4, -0.2) is 62.2 Å². The van der Waals surface area contributed by atoms with E-state index in [1.54, 1.807) is 13.8 Å². The number of sulfone groups is 1. The summed E-state index contributed by atoms with van der Waals surface area (Å²) in [6.45, 7) is 3.64. The lowest BCUT2D eigenvalue weighted by Crippen LogP contribution is -2.44. The number of aliphatic hydroxyl groups is 1. The first-order valence-electron chi connectivity index (χ1n) is 6.02. The Morgan fingerprint density at radius 1 is 1.39 bits per heavy atom. The Hall–Kier alpha value is -0.180. The van der Waals surface area contributed by atoms with Crippen LogP contribution >= 0.6 is 0 Å². The first-order chi connectivity index (χ1) is 8.20. The zero-order valence-electron chi connectivity index (χ0n) is 10.7. The van der Waals surface area contributed by atoms with Crippen LogP contribution in [0.4, 0.5) is 0 Å². The van der Waals surface area contributed by atoms with E-state index in [1.165, 1.54) is 4.31 Å². The molecule has 0 aromatic heterocycles. The summed E-state index contributed by atoms with van der Waals surface area (Å²) >= 11 is 0. The molecule has 0 amide bonds. The summed E-state index contributed by atoms with van der Waals surface area (Å²) in [5, 5.41) is 7.96. The summed E-state index contributed by atoms with van der Waals surface area (Å²) in [6, 6.07) is -0.232. The number of nitrogens with zero attached hydrogens (tertiary/aromatic N) is 1. The van der Waals surface area contributed by atoms with Crippen LogP contribution in [0.5, 0.6) is 0 Å². The van der Waals surface area contributed by atoms with Crippen molar-refractivity contribution in [2.45, 2.75) is 38.0 Å². The van der Waals surface area contributed by atoms with Gasteiger partial charge in [-0.1, -0.05) is 0 Å². The minimum absolute atomic E-state index is 0.0527. The zero-order valence-corrected chi connectivity index (χ0v) is 12.4. The van der Waals surface area contributed by atoms with Gasteiger partial charge in [0.05, 0.1) is 16.8 Å². The lowest BCUT2D eigenvalue weighted by Gasteiger charge is -2.28. The maximum atomic E-state index is 12.3. The van der Waals surface area contributed by atoms with Gasteiger partial charge in [-0.2, -0.15) is 4.31 Å². The highest BCUT2D eigenvalue weighted by Crippen LogP contribution is 2.23. The van der Waals surface area contributed by atoms with E-state index in [1.807, 2.05) is 0 Å². The molecule has 0 aromatic carbocycles. The van der Waals surface area contributed by atoms with Gasteiger partial charge >= 0.3 is 0 Å². The predicted octanol–water partition coefficient (Wildman–Crippen LogP) is -0.404. The van der Waals surface area contributed by atoms with Gasteiger partial charge in [0.2, 0.25) is 10.0 Å². The van der Waals surface area contributed by atoms with Gasteiger partial charge in [0.15, 0.2) is 9.84 Å². The van der Waals surface area contributed by atoms with Crippen molar-refractivity contribution in [3.63, 3.8) is 0 Å². The van der Waals surface area contributed by atoms with Gasteiger partial charge in [-0.05, 0) is 26.7 Å². The minimum Gasteiger partial charge on any atom is -0.396 e. The third-order valence-electron chi connectivity index (χ3n) is 3.05. The lowest BCUT2D eigenvalue weighted by molar-refractivity contribution is 0.257. The van der Waals surface area contributed by atoms with E-state index < -0.39 is 25.1 Å². The SMILES string of the molecule is CC(C)N(CCCO)S(=O)(=O)C1CCS(=O)(=O)C1. The van der Waals surface area contributed by atoms with Crippen LogP contribution in [0.1, 0.15) is 26.7 Å². The summed E-state index contributed by atoms with van der Waals surface area (Å²) in [5.74, 6) is -0.333. The molecular formula is C10H21NO5S2. The number of hydrogen-bond acceptors (Lipinski definition) is 5. The maximum absolute atomic E-state index is 12.3. The Balaban J connectivity index is 2.89. The van der Waals surface area contributed by atoms with Crippen molar-refractivity contribution in [3.8, 4) is 0 Å². The average molecular weight is 299 g/mol. The Labute approximate surface area is 109 Å². The summed E-state index contributed by atoms with van der Waals surface area (Å²) in [7, 11) is -6.81. The summed E-state index contributed by atoms with van der Waals surface area (Å²) < 4.78 is 48.7. The molecule has 0 aromatic rings. The molecule has 1 unspecified atom stereocenters.